The van der Waals surface area contributed by atoms with Crippen LogP contribution in [0.5, 0.6) is 0 Å². The number of nitrogens with one attached hydrogen (secondary N) is 1. The average molecular weight is 282 g/mol. The zero-order valence-electron chi connectivity index (χ0n) is 11.5. The summed E-state index contributed by atoms with van der Waals surface area (Å²) in [6.45, 7) is 7.56. The number of aliphatic imine (C=N–C) groups is 1. The molecule has 1 aromatic rings. The molecule has 0 atom stereocenters. The van der Waals surface area contributed by atoms with E-state index in [9.17, 15) is 0 Å². The lowest BCUT2D eigenvalue weighted by Crippen LogP contribution is -2.42. The highest BCUT2D eigenvalue weighted by Gasteiger charge is 2.33. The molecule has 4 heteroatoms. The summed E-state index contributed by atoms with van der Waals surface area (Å²) < 4.78 is 0. The fraction of sp³-hybridized carbons (Fsp3) is 0.643. The second-order valence-electron chi connectivity index (χ2n) is 4.75. The standard InChI is InChI=1S/C14H22N2S2/c1-4-11-7-8-17-12(11)9-15-13-16-14(5-2,6-3)10-18-13/h7-8H,4-6,9-10H2,1-3H3,(H,15,16). The van der Waals surface area contributed by atoms with Crippen molar-refractivity contribution >= 4 is 28.3 Å². The van der Waals surface area contributed by atoms with Gasteiger partial charge in [0.1, 0.15) is 0 Å². The molecule has 100 valence electrons. The summed E-state index contributed by atoms with van der Waals surface area (Å²) in [5.41, 5.74) is 1.73. The minimum atomic E-state index is 0.284. The van der Waals surface area contributed by atoms with Gasteiger partial charge in [-0.2, -0.15) is 0 Å². The van der Waals surface area contributed by atoms with Crippen LogP contribution >= 0.6 is 23.1 Å². The van der Waals surface area contributed by atoms with Crippen LogP contribution in [0.15, 0.2) is 16.4 Å². The summed E-state index contributed by atoms with van der Waals surface area (Å²) >= 11 is 3.70. The van der Waals surface area contributed by atoms with E-state index in [2.05, 4.69) is 37.5 Å². The quantitative estimate of drug-likeness (QED) is 0.880. The maximum Gasteiger partial charge on any atom is 0.157 e. The van der Waals surface area contributed by atoms with Gasteiger partial charge in [-0.1, -0.05) is 32.5 Å². The first kappa shape index (κ1) is 13.9. The van der Waals surface area contributed by atoms with E-state index in [-0.39, 0.29) is 5.54 Å². The number of thioether (sulfide) groups is 1. The molecule has 18 heavy (non-hydrogen) atoms. The summed E-state index contributed by atoms with van der Waals surface area (Å²) in [5, 5.41) is 6.93. The molecule has 1 N–H and O–H groups in total. The van der Waals surface area contributed by atoms with E-state index in [1.807, 2.05) is 23.1 Å². The molecule has 2 heterocycles. The van der Waals surface area contributed by atoms with Gasteiger partial charge in [0.25, 0.3) is 0 Å². The SMILES string of the molecule is CCc1ccsc1CN=C1NC(CC)(CC)CS1. The zero-order chi connectivity index (χ0) is 13.0. The molecule has 1 aromatic heterocycles. The van der Waals surface area contributed by atoms with E-state index < -0.39 is 0 Å². The third-order valence-corrected chi connectivity index (χ3v) is 5.95. The lowest BCUT2D eigenvalue weighted by atomic mass is 9.96. The first-order valence-electron chi connectivity index (χ1n) is 6.73. The second-order valence-corrected chi connectivity index (χ2v) is 6.71. The molecule has 0 unspecified atom stereocenters. The van der Waals surface area contributed by atoms with Crippen molar-refractivity contribution in [3.8, 4) is 0 Å². The van der Waals surface area contributed by atoms with Gasteiger partial charge in [0.15, 0.2) is 5.17 Å². The summed E-state index contributed by atoms with van der Waals surface area (Å²) in [7, 11) is 0. The van der Waals surface area contributed by atoms with Crippen molar-refractivity contribution in [3.63, 3.8) is 0 Å². The van der Waals surface area contributed by atoms with Crippen LogP contribution in [0.4, 0.5) is 0 Å². The first-order valence-corrected chi connectivity index (χ1v) is 8.60. The molecule has 0 aromatic carbocycles. The first-order chi connectivity index (χ1) is 8.73. The van der Waals surface area contributed by atoms with Gasteiger partial charge >= 0.3 is 0 Å². The molecule has 2 rings (SSSR count). The maximum absolute atomic E-state index is 4.74. The number of aryl methyl sites for hydroxylation is 1. The van der Waals surface area contributed by atoms with Crippen molar-refractivity contribution < 1.29 is 0 Å². The summed E-state index contributed by atoms with van der Waals surface area (Å²) in [4.78, 5) is 6.16. The third-order valence-electron chi connectivity index (χ3n) is 3.80. The number of nitrogens with zero attached hydrogens (tertiary/aromatic N) is 1. The molecule has 0 spiro atoms. The topological polar surface area (TPSA) is 24.4 Å². The van der Waals surface area contributed by atoms with Crippen molar-refractivity contribution in [2.24, 2.45) is 4.99 Å². The van der Waals surface area contributed by atoms with Crippen LogP contribution in [0, 0.1) is 0 Å². The van der Waals surface area contributed by atoms with Crippen LogP contribution in [-0.4, -0.2) is 16.5 Å². The monoisotopic (exact) mass is 282 g/mol. The number of hydrogen-bond acceptors (Lipinski definition) is 3. The van der Waals surface area contributed by atoms with Crippen molar-refractivity contribution in [3.05, 3.63) is 21.9 Å². The molecule has 2 nitrogen and oxygen atoms in total. The predicted molar refractivity (Wildman–Crippen MR) is 83.7 cm³/mol. The lowest BCUT2D eigenvalue weighted by Gasteiger charge is -2.25. The zero-order valence-corrected chi connectivity index (χ0v) is 13.1. The lowest BCUT2D eigenvalue weighted by molar-refractivity contribution is 0.407. The Labute approximate surface area is 118 Å². The van der Waals surface area contributed by atoms with Crippen molar-refractivity contribution in [1.82, 2.24) is 5.32 Å². The molecular formula is C14H22N2S2. The van der Waals surface area contributed by atoms with Gasteiger partial charge in [-0.05, 0) is 36.3 Å². The van der Waals surface area contributed by atoms with Gasteiger partial charge in [-0.25, -0.2) is 0 Å². The number of amidine groups is 1. The fourth-order valence-electron chi connectivity index (χ4n) is 2.19. The predicted octanol–water partition coefficient (Wildman–Crippen LogP) is 4.06. The van der Waals surface area contributed by atoms with Crippen LogP contribution in [0.25, 0.3) is 0 Å². The van der Waals surface area contributed by atoms with Gasteiger partial charge < -0.3 is 5.32 Å². The van der Waals surface area contributed by atoms with Crippen LogP contribution in [0.3, 0.4) is 0 Å². The molecule has 1 fully saturated rings. The Kier molecular flexibility index (Phi) is 4.73. The Morgan fingerprint density at radius 2 is 2.11 bits per heavy atom. The minimum absolute atomic E-state index is 0.284. The minimum Gasteiger partial charge on any atom is -0.359 e. The third kappa shape index (κ3) is 2.91. The number of hydrogen-bond donors (Lipinski definition) is 1. The van der Waals surface area contributed by atoms with E-state index in [1.54, 1.807) is 0 Å². The normalized spacial score (nSPS) is 20.3. The Morgan fingerprint density at radius 3 is 2.72 bits per heavy atom. The second kappa shape index (κ2) is 6.11. The fourth-order valence-corrected chi connectivity index (χ4v) is 4.42. The molecule has 1 aliphatic rings. The molecule has 0 radical (unpaired) electrons. The smallest absolute Gasteiger partial charge is 0.157 e. The summed E-state index contributed by atoms with van der Waals surface area (Å²) in [6.07, 6.45) is 3.46. The Morgan fingerprint density at radius 1 is 1.33 bits per heavy atom. The van der Waals surface area contributed by atoms with Gasteiger partial charge in [-0.3, -0.25) is 4.99 Å². The van der Waals surface area contributed by atoms with Gasteiger partial charge in [0.2, 0.25) is 0 Å². The van der Waals surface area contributed by atoms with Crippen molar-refractivity contribution in [2.75, 3.05) is 5.75 Å². The molecular weight excluding hydrogens is 260 g/mol. The highest BCUT2D eigenvalue weighted by Crippen LogP contribution is 2.29. The average Bonchev–Trinajstić information content (AvgIpc) is 3.03. The Hall–Kier alpha value is -0.480. The molecule has 0 amide bonds. The van der Waals surface area contributed by atoms with Crippen LogP contribution in [0.1, 0.15) is 44.1 Å². The molecule has 0 saturated carbocycles. The maximum atomic E-state index is 4.74. The van der Waals surface area contributed by atoms with E-state index >= 15 is 0 Å². The van der Waals surface area contributed by atoms with Gasteiger partial charge in [0, 0.05) is 16.2 Å². The summed E-state index contributed by atoms with van der Waals surface area (Å²) in [5.74, 6) is 1.16. The Bertz CT molecular complexity index is 419. The molecule has 0 aliphatic carbocycles. The van der Waals surface area contributed by atoms with E-state index in [0.717, 1.165) is 23.9 Å². The van der Waals surface area contributed by atoms with Crippen molar-refractivity contribution in [2.45, 2.75) is 52.1 Å². The summed E-state index contributed by atoms with van der Waals surface area (Å²) in [6, 6.07) is 2.22. The molecule has 1 aliphatic heterocycles. The van der Waals surface area contributed by atoms with Crippen LogP contribution < -0.4 is 5.32 Å². The van der Waals surface area contributed by atoms with Gasteiger partial charge in [0.05, 0.1) is 6.54 Å². The molecule has 1 saturated heterocycles. The van der Waals surface area contributed by atoms with Crippen molar-refractivity contribution in [1.29, 1.82) is 0 Å². The van der Waals surface area contributed by atoms with Crippen LogP contribution in [0.2, 0.25) is 0 Å². The van der Waals surface area contributed by atoms with Gasteiger partial charge in [-0.15, -0.1) is 11.3 Å². The number of rotatable bonds is 5. The highest BCUT2D eigenvalue weighted by molar-refractivity contribution is 8.14. The van der Waals surface area contributed by atoms with Crippen LogP contribution in [-0.2, 0) is 13.0 Å². The number of thiophene rings is 1. The van der Waals surface area contributed by atoms with E-state index in [4.69, 9.17) is 4.99 Å². The largest absolute Gasteiger partial charge is 0.359 e. The van der Waals surface area contributed by atoms with E-state index in [1.165, 1.54) is 23.3 Å². The Balaban J connectivity index is 2.00. The van der Waals surface area contributed by atoms with E-state index in [0.29, 0.717) is 0 Å². The highest BCUT2D eigenvalue weighted by atomic mass is 32.2. The molecule has 0 bridgehead atoms.